The van der Waals surface area contributed by atoms with Crippen molar-refractivity contribution in [2.24, 2.45) is 0 Å². The number of rotatable bonds is 3. The number of nitrogens with one attached hydrogen (secondary N) is 1. The van der Waals surface area contributed by atoms with Crippen molar-refractivity contribution in [1.29, 1.82) is 0 Å². The van der Waals surface area contributed by atoms with E-state index in [-0.39, 0.29) is 12.6 Å². The maximum absolute atomic E-state index is 8.32. The fraction of sp³-hybridized carbons (Fsp3) is 1.00. The molecule has 0 aromatic carbocycles. The van der Waals surface area contributed by atoms with Crippen LogP contribution >= 0.6 is 0 Å². The van der Waals surface area contributed by atoms with Crippen LogP contribution < -0.4 is 5.32 Å². The smallest absolute Gasteiger partial charge is 0.288 e. The summed E-state index contributed by atoms with van der Waals surface area (Å²) in [6.07, 6.45) is 0. The lowest BCUT2D eigenvalue weighted by Crippen LogP contribution is -2.42. The summed E-state index contributed by atoms with van der Waals surface area (Å²) >= 11 is 0. The summed E-state index contributed by atoms with van der Waals surface area (Å²) in [6.45, 7) is 3.45. The molecule has 0 fully saturated rings. The molecule has 0 radical (unpaired) electrons. The second-order valence-corrected chi connectivity index (χ2v) is 2.31. The van der Waals surface area contributed by atoms with Crippen LogP contribution in [0.5, 0.6) is 0 Å². The maximum Gasteiger partial charge on any atom is 0.288 e. The Morgan fingerprint density at radius 1 is 1.33 bits per heavy atom. The first-order valence-corrected chi connectivity index (χ1v) is 2.82. The zero-order valence-electron chi connectivity index (χ0n) is 5.63. The Labute approximate surface area is 54.1 Å². The van der Waals surface area contributed by atoms with E-state index in [4.69, 9.17) is 15.3 Å². The van der Waals surface area contributed by atoms with Crippen molar-refractivity contribution in [1.82, 2.24) is 5.32 Å². The molecule has 0 aliphatic carbocycles. The Bertz CT molecular complexity index is 76.8. The highest BCUT2D eigenvalue weighted by molar-refractivity contribution is 4.56. The van der Waals surface area contributed by atoms with Crippen LogP contribution in [0.1, 0.15) is 13.8 Å². The fourth-order valence-electron chi connectivity index (χ4n) is 0.341. The van der Waals surface area contributed by atoms with E-state index in [2.05, 4.69) is 5.32 Å². The molecule has 4 heteroatoms. The molecule has 0 aliphatic heterocycles. The van der Waals surface area contributed by atoms with Crippen molar-refractivity contribution in [3.05, 3.63) is 0 Å². The standard InChI is InChI=1S/C5H13NO3/c1-4(2)6-3-5(7,8)9/h4,6-9H,3H2,1-2H3. The minimum absolute atomic E-state index is 0.135. The van der Waals surface area contributed by atoms with Gasteiger partial charge in [0.05, 0.1) is 6.54 Å². The van der Waals surface area contributed by atoms with Gasteiger partial charge in [-0.3, -0.25) is 0 Å². The second-order valence-electron chi connectivity index (χ2n) is 2.31. The summed E-state index contributed by atoms with van der Waals surface area (Å²) in [5.74, 6) is -2.58. The Kier molecular flexibility index (Phi) is 3.07. The molecule has 0 aromatic heterocycles. The number of aliphatic hydroxyl groups is 3. The van der Waals surface area contributed by atoms with E-state index >= 15 is 0 Å². The van der Waals surface area contributed by atoms with E-state index in [1.54, 1.807) is 0 Å². The van der Waals surface area contributed by atoms with Crippen LogP contribution in [0.2, 0.25) is 0 Å². The van der Waals surface area contributed by atoms with Gasteiger partial charge >= 0.3 is 0 Å². The quantitative estimate of drug-likeness (QED) is 0.360. The third-order valence-electron chi connectivity index (χ3n) is 0.747. The molecule has 0 unspecified atom stereocenters. The van der Waals surface area contributed by atoms with Gasteiger partial charge in [-0.05, 0) is 0 Å². The van der Waals surface area contributed by atoms with Crippen LogP contribution in [0, 0.1) is 0 Å². The summed E-state index contributed by atoms with van der Waals surface area (Å²) in [7, 11) is 0. The average molecular weight is 135 g/mol. The Hall–Kier alpha value is -0.160. The van der Waals surface area contributed by atoms with Crippen LogP contribution in [0.15, 0.2) is 0 Å². The highest BCUT2D eigenvalue weighted by Crippen LogP contribution is 1.88. The molecule has 0 aliphatic rings. The van der Waals surface area contributed by atoms with Gasteiger partial charge in [0.2, 0.25) is 0 Å². The van der Waals surface area contributed by atoms with Gasteiger partial charge in [-0.25, -0.2) is 0 Å². The van der Waals surface area contributed by atoms with Crippen LogP contribution in [-0.2, 0) is 0 Å². The predicted octanol–water partition coefficient (Wildman–Crippen LogP) is -1.38. The van der Waals surface area contributed by atoms with Gasteiger partial charge in [0.25, 0.3) is 5.97 Å². The Balaban J connectivity index is 3.28. The second kappa shape index (κ2) is 3.12. The molecule has 0 saturated carbocycles. The molecule has 0 amide bonds. The average Bonchev–Trinajstić information content (AvgIpc) is 1.59. The summed E-state index contributed by atoms with van der Waals surface area (Å²) in [4.78, 5) is 0. The fourth-order valence-corrected chi connectivity index (χ4v) is 0.341. The molecule has 0 saturated heterocycles. The monoisotopic (exact) mass is 135 g/mol. The van der Waals surface area contributed by atoms with Crippen molar-refractivity contribution in [3.8, 4) is 0 Å². The van der Waals surface area contributed by atoms with Gasteiger partial charge in [-0.2, -0.15) is 0 Å². The first-order chi connectivity index (χ1) is 3.92. The molecule has 4 nitrogen and oxygen atoms in total. The third kappa shape index (κ3) is 7.84. The van der Waals surface area contributed by atoms with E-state index in [0.29, 0.717) is 0 Å². The lowest BCUT2D eigenvalue weighted by molar-refractivity contribution is -0.306. The molecule has 0 aromatic rings. The minimum Gasteiger partial charge on any atom is -0.343 e. The molecule has 0 heterocycles. The summed E-state index contributed by atoms with van der Waals surface area (Å²) in [6, 6.07) is 0.135. The molecule has 0 bridgehead atoms. The van der Waals surface area contributed by atoms with Gasteiger partial charge in [-0.1, -0.05) is 13.8 Å². The van der Waals surface area contributed by atoms with E-state index in [9.17, 15) is 0 Å². The molecule has 4 N–H and O–H groups in total. The van der Waals surface area contributed by atoms with E-state index in [1.165, 1.54) is 0 Å². The largest absolute Gasteiger partial charge is 0.343 e. The Morgan fingerprint density at radius 2 is 1.78 bits per heavy atom. The van der Waals surface area contributed by atoms with Crippen molar-refractivity contribution in [2.45, 2.75) is 25.9 Å². The van der Waals surface area contributed by atoms with Crippen LogP contribution in [0.4, 0.5) is 0 Å². The molecule has 0 atom stereocenters. The van der Waals surface area contributed by atoms with Gasteiger partial charge in [0.15, 0.2) is 0 Å². The van der Waals surface area contributed by atoms with Crippen molar-refractivity contribution < 1.29 is 15.3 Å². The van der Waals surface area contributed by atoms with Gasteiger partial charge in [0.1, 0.15) is 0 Å². The first kappa shape index (κ1) is 8.84. The topological polar surface area (TPSA) is 72.7 Å². The highest BCUT2D eigenvalue weighted by Gasteiger charge is 2.16. The minimum atomic E-state index is -2.58. The van der Waals surface area contributed by atoms with Crippen molar-refractivity contribution in [3.63, 3.8) is 0 Å². The van der Waals surface area contributed by atoms with Gasteiger partial charge in [-0.15, -0.1) is 0 Å². The SMILES string of the molecule is CC(C)NCC(O)(O)O. The van der Waals surface area contributed by atoms with E-state index in [0.717, 1.165) is 0 Å². The maximum atomic E-state index is 8.32. The summed E-state index contributed by atoms with van der Waals surface area (Å²) in [5, 5.41) is 27.6. The zero-order chi connectivity index (χ0) is 7.49. The summed E-state index contributed by atoms with van der Waals surface area (Å²) < 4.78 is 0. The number of hydrogen-bond acceptors (Lipinski definition) is 4. The first-order valence-electron chi connectivity index (χ1n) is 2.82. The zero-order valence-corrected chi connectivity index (χ0v) is 5.63. The molecular formula is C5H13NO3. The number of hydrogen-bond donors (Lipinski definition) is 4. The highest BCUT2D eigenvalue weighted by atomic mass is 16.7. The predicted molar refractivity (Wildman–Crippen MR) is 32.5 cm³/mol. The molecule has 9 heavy (non-hydrogen) atoms. The Morgan fingerprint density at radius 3 is 1.89 bits per heavy atom. The molecule has 56 valence electrons. The van der Waals surface area contributed by atoms with Crippen LogP contribution in [0.3, 0.4) is 0 Å². The van der Waals surface area contributed by atoms with Crippen LogP contribution in [0.25, 0.3) is 0 Å². The van der Waals surface area contributed by atoms with Crippen LogP contribution in [-0.4, -0.2) is 33.9 Å². The van der Waals surface area contributed by atoms with E-state index in [1.807, 2.05) is 13.8 Å². The van der Waals surface area contributed by atoms with E-state index < -0.39 is 5.97 Å². The lowest BCUT2D eigenvalue weighted by Gasteiger charge is -2.16. The van der Waals surface area contributed by atoms with Crippen molar-refractivity contribution in [2.75, 3.05) is 6.54 Å². The normalized spacial score (nSPS) is 12.7. The molecule has 0 spiro atoms. The molecular weight excluding hydrogens is 122 g/mol. The molecule has 0 rings (SSSR count). The lowest BCUT2D eigenvalue weighted by atomic mass is 10.4. The summed E-state index contributed by atoms with van der Waals surface area (Å²) in [5.41, 5.74) is 0. The third-order valence-corrected chi connectivity index (χ3v) is 0.747. The van der Waals surface area contributed by atoms with Crippen molar-refractivity contribution >= 4 is 0 Å². The van der Waals surface area contributed by atoms with Gasteiger partial charge in [0, 0.05) is 6.04 Å². The van der Waals surface area contributed by atoms with Gasteiger partial charge < -0.3 is 20.6 Å².